The Kier molecular flexibility index (Phi) is 7.57. The van der Waals surface area contributed by atoms with Crippen molar-refractivity contribution in [3.8, 4) is 16.9 Å². The van der Waals surface area contributed by atoms with E-state index in [0.717, 1.165) is 27.6 Å². The van der Waals surface area contributed by atoms with Crippen molar-refractivity contribution in [3.63, 3.8) is 0 Å². The van der Waals surface area contributed by atoms with Gasteiger partial charge in [-0.2, -0.15) is 0 Å². The summed E-state index contributed by atoms with van der Waals surface area (Å²) in [4.78, 5) is 16.8. The minimum absolute atomic E-state index is 0.00859. The smallest absolute Gasteiger partial charge is 0.255 e. The fourth-order valence-electron chi connectivity index (χ4n) is 4.37. The maximum absolute atomic E-state index is 13.5. The number of fused-ring (bicyclic) bond motifs is 1. The second-order valence-corrected chi connectivity index (χ2v) is 9.42. The number of ether oxygens (including phenoxy) is 1. The van der Waals surface area contributed by atoms with Gasteiger partial charge in [0, 0.05) is 29.7 Å². The number of H-pyrrole nitrogens is 1. The number of aromatic amines is 1. The van der Waals surface area contributed by atoms with Gasteiger partial charge in [0.25, 0.3) is 5.91 Å². The van der Waals surface area contributed by atoms with E-state index in [9.17, 15) is 9.90 Å². The topological polar surface area (TPSA) is 74.3 Å². The Morgan fingerprint density at radius 3 is 2.49 bits per heavy atom. The molecule has 0 saturated heterocycles. The monoisotopic (exact) mass is 470 g/mol. The van der Waals surface area contributed by atoms with E-state index < -0.39 is 0 Å². The lowest BCUT2D eigenvalue weighted by atomic mass is 9.98. The third-order valence-corrected chi connectivity index (χ3v) is 6.38. The maximum atomic E-state index is 13.5. The minimum Gasteiger partial charge on any atom is -0.490 e. The summed E-state index contributed by atoms with van der Waals surface area (Å²) in [6, 6.07) is 20.0. The summed E-state index contributed by atoms with van der Waals surface area (Å²) in [5, 5.41) is 14.0. The normalized spacial score (nSPS) is 12.2. The number of aromatic nitrogens is 1. The Morgan fingerprint density at radius 1 is 1.00 bits per heavy atom. The predicted molar refractivity (Wildman–Crippen MR) is 142 cm³/mol. The molecule has 4 rings (SSSR count). The molecule has 3 N–H and O–H groups in total. The summed E-state index contributed by atoms with van der Waals surface area (Å²) in [7, 11) is 0. The largest absolute Gasteiger partial charge is 0.490 e. The number of para-hydroxylation sites is 1. The quantitative estimate of drug-likeness (QED) is 0.282. The maximum Gasteiger partial charge on any atom is 0.255 e. The van der Waals surface area contributed by atoms with Crippen molar-refractivity contribution in [1.29, 1.82) is 0 Å². The standard InChI is InChI=1S/C30H34N2O3/c1-19(2)35-29-12-11-23(22-10-9-20(3)21(4)15-22)17-27(29)30(34)32-25(13-14-33)16-24-18-31-28-8-6-5-7-26(24)28/h5-12,15,17-19,25,31,33H,13-14,16H2,1-4H3,(H,32,34). The van der Waals surface area contributed by atoms with E-state index >= 15 is 0 Å². The van der Waals surface area contributed by atoms with E-state index in [0.29, 0.717) is 24.2 Å². The molecule has 0 saturated carbocycles. The molecule has 0 bridgehead atoms. The number of aryl methyl sites for hydroxylation is 2. The van der Waals surface area contributed by atoms with Crippen LogP contribution in [0.4, 0.5) is 0 Å². The van der Waals surface area contributed by atoms with Gasteiger partial charge in [-0.1, -0.05) is 42.5 Å². The Labute approximate surface area is 207 Å². The fraction of sp³-hybridized carbons (Fsp3) is 0.300. The molecule has 5 heteroatoms. The van der Waals surface area contributed by atoms with E-state index in [1.807, 2.05) is 56.4 Å². The zero-order valence-electron chi connectivity index (χ0n) is 20.9. The summed E-state index contributed by atoms with van der Waals surface area (Å²) in [5.41, 5.74) is 7.13. The lowest BCUT2D eigenvalue weighted by Gasteiger charge is -2.20. The number of aliphatic hydroxyl groups is 1. The van der Waals surface area contributed by atoms with Crippen molar-refractivity contribution >= 4 is 16.8 Å². The number of carbonyl (C=O) groups is 1. The highest BCUT2D eigenvalue weighted by atomic mass is 16.5. The highest BCUT2D eigenvalue weighted by Gasteiger charge is 2.20. The van der Waals surface area contributed by atoms with Gasteiger partial charge < -0.3 is 20.1 Å². The van der Waals surface area contributed by atoms with Gasteiger partial charge in [0.05, 0.1) is 11.7 Å². The van der Waals surface area contributed by atoms with Gasteiger partial charge in [-0.3, -0.25) is 4.79 Å². The van der Waals surface area contributed by atoms with Crippen LogP contribution in [0.2, 0.25) is 0 Å². The molecule has 0 aliphatic carbocycles. The molecule has 0 spiro atoms. The summed E-state index contributed by atoms with van der Waals surface area (Å²) >= 11 is 0. The van der Waals surface area contributed by atoms with Gasteiger partial charge in [-0.25, -0.2) is 0 Å². The van der Waals surface area contributed by atoms with Crippen LogP contribution in [0, 0.1) is 13.8 Å². The van der Waals surface area contributed by atoms with Crippen LogP contribution in [-0.4, -0.2) is 34.8 Å². The molecule has 4 aromatic rings. The van der Waals surface area contributed by atoms with E-state index in [1.54, 1.807) is 0 Å². The lowest BCUT2D eigenvalue weighted by Crippen LogP contribution is -2.37. The van der Waals surface area contributed by atoms with E-state index in [4.69, 9.17) is 4.74 Å². The van der Waals surface area contributed by atoms with Gasteiger partial charge in [-0.15, -0.1) is 0 Å². The van der Waals surface area contributed by atoms with Crippen LogP contribution in [0.25, 0.3) is 22.0 Å². The van der Waals surface area contributed by atoms with Crippen molar-refractivity contribution in [1.82, 2.24) is 10.3 Å². The number of amides is 1. The lowest BCUT2D eigenvalue weighted by molar-refractivity contribution is 0.0924. The van der Waals surface area contributed by atoms with Gasteiger partial charge in [0.15, 0.2) is 0 Å². The van der Waals surface area contributed by atoms with Gasteiger partial charge in [0.1, 0.15) is 5.75 Å². The Morgan fingerprint density at radius 2 is 1.74 bits per heavy atom. The van der Waals surface area contributed by atoms with Crippen molar-refractivity contribution in [2.75, 3.05) is 6.61 Å². The second kappa shape index (κ2) is 10.8. The molecular formula is C30H34N2O3. The van der Waals surface area contributed by atoms with Crippen LogP contribution in [0.3, 0.4) is 0 Å². The third-order valence-electron chi connectivity index (χ3n) is 6.38. The molecule has 5 nitrogen and oxygen atoms in total. The fourth-order valence-corrected chi connectivity index (χ4v) is 4.37. The molecular weight excluding hydrogens is 436 g/mol. The molecule has 1 aromatic heterocycles. The Hall–Kier alpha value is -3.57. The van der Waals surface area contributed by atoms with Crippen LogP contribution in [0.5, 0.6) is 5.75 Å². The summed E-state index contributed by atoms with van der Waals surface area (Å²) in [6.07, 6.45) is 3.00. The number of nitrogens with one attached hydrogen (secondary N) is 2. The van der Waals surface area contributed by atoms with E-state index in [-0.39, 0.29) is 24.7 Å². The van der Waals surface area contributed by atoms with Crippen molar-refractivity contribution in [3.05, 3.63) is 89.1 Å². The van der Waals surface area contributed by atoms with E-state index in [2.05, 4.69) is 48.4 Å². The first-order chi connectivity index (χ1) is 16.9. The second-order valence-electron chi connectivity index (χ2n) is 9.42. The highest BCUT2D eigenvalue weighted by molar-refractivity contribution is 5.98. The molecule has 1 amide bonds. The van der Waals surface area contributed by atoms with Gasteiger partial charge >= 0.3 is 0 Å². The van der Waals surface area contributed by atoms with E-state index in [1.165, 1.54) is 11.1 Å². The van der Waals surface area contributed by atoms with Crippen LogP contribution in [0.15, 0.2) is 66.9 Å². The van der Waals surface area contributed by atoms with Crippen molar-refractivity contribution in [2.24, 2.45) is 0 Å². The zero-order chi connectivity index (χ0) is 24.9. The molecule has 1 heterocycles. The first-order valence-electron chi connectivity index (χ1n) is 12.2. The third kappa shape index (κ3) is 5.75. The minimum atomic E-state index is -0.219. The molecule has 3 aromatic carbocycles. The molecule has 0 radical (unpaired) electrons. The number of hydrogen-bond donors (Lipinski definition) is 3. The summed E-state index contributed by atoms with van der Waals surface area (Å²) in [6.45, 7) is 8.07. The molecule has 1 atom stereocenters. The molecule has 0 aliphatic heterocycles. The van der Waals surface area contributed by atoms with Crippen LogP contribution < -0.4 is 10.1 Å². The molecule has 182 valence electrons. The van der Waals surface area contributed by atoms with Crippen LogP contribution >= 0.6 is 0 Å². The van der Waals surface area contributed by atoms with Crippen molar-refractivity contribution in [2.45, 2.75) is 52.7 Å². The average Bonchev–Trinajstić information content (AvgIpc) is 3.23. The van der Waals surface area contributed by atoms with Crippen LogP contribution in [0.1, 0.15) is 47.3 Å². The summed E-state index contributed by atoms with van der Waals surface area (Å²) in [5.74, 6) is 0.351. The Balaban J connectivity index is 1.63. The number of benzene rings is 3. The van der Waals surface area contributed by atoms with Gasteiger partial charge in [-0.05, 0) is 86.6 Å². The van der Waals surface area contributed by atoms with Crippen LogP contribution in [-0.2, 0) is 6.42 Å². The van der Waals surface area contributed by atoms with Gasteiger partial charge in [0.2, 0.25) is 0 Å². The first kappa shape index (κ1) is 24.6. The highest BCUT2D eigenvalue weighted by Crippen LogP contribution is 2.29. The predicted octanol–water partition coefficient (Wildman–Crippen LogP) is 5.96. The first-order valence-corrected chi connectivity index (χ1v) is 12.2. The summed E-state index contributed by atoms with van der Waals surface area (Å²) < 4.78 is 5.99. The Bertz CT molecular complexity index is 1320. The average molecular weight is 471 g/mol. The number of aliphatic hydroxyl groups excluding tert-OH is 1. The molecule has 0 fully saturated rings. The number of hydrogen-bond acceptors (Lipinski definition) is 3. The molecule has 1 unspecified atom stereocenters. The van der Waals surface area contributed by atoms with Crippen molar-refractivity contribution < 1.29 is 14.6 Å². The molecule has 35 heavy (non-hydrogen) atoms. The SMILES string of the molecule is Cc1ccc(-c2ccc(OC(C)C)c(C(=O)NC(CCO)Cc3c[nH]c4ccccc34)c2)cc1C. The molecule has 0 aliphatic rings. The zero-order valence-corrected chi connectivity index (χ0v) is 20.9. The number of rotatable bonds is 9. The number of carbonyl (C=O) groups excluding carboxylic acids is 1.